The van der Waals surface area contributed by atoms with Crippen molar-refractivity contribution in [1.82, 2.24) is 15.1 Å². The molecule has 4 rings (SSSR count). The van der Waals surface area contributed by atoms with Gasteiger partial charge in [-0.05, 0) is 24.0 Å². The molecule has 0 bridgehead atoms. The highest BCUT2D eigenvalue weighted by molar-refractivity contribution is 7.15. The average molecular weight is 370 g/mol. The maximum atomic E-state index is 13.0. The Morgan fingerprint density at radius 2 is 2.08 bits per heavy atom. The largest absolute Gasteiger partial charge is 0.338 e. The van der Waals surface area contributed by atoms with Crippen LogP contribution in [0, 0.1) is 5.92 Å². The predicted molar refractivity (Wildman–Crippen MR) is 99.9 cm³/mol. The topological polar surface area (TPSA) is 66.4 Å². The minimum Gasteiger partial charge on any atom is -0.338 e. The second-order valence-electron chi connectivity index (χ2n) is 6.91. The summed E-state index contributed by atoms with van der Waals surface area (Å²) in [6, 6.07) is 8.26. The minimum atomic E-state index is -0.286. The number of aromatic nitrogens is 2. The molecule has 1 unspecified atom stereocenters. The molecule has 1 saturated heterocycles. The minimum absolute atomic E-state index is 0.0278. The number of aryl methyl sites for hydroxylation is 1. The molecule has 1 aromatic carbocycles. The fourth-order valence-electron chi connectivity index (χ4n) is 3.67. The van der Waals surface area contributed by atoms with Gasteiger partial charge in [-0.15, -0.1) is 10.2 Å². The van der Waals surface area contributed by atoms with E-state index in [0.29, 0.717) is 18.2 Å². The Kier molecular flexibility index (Phi) is 4.72. The van der Waals surface area contributed by atoms with Gasteiger partial charge in [-0.3, -0.25) is 14.5 Å². The lowest BCUT2D eigenvalue weighted by Crippen LogP contribution is -2.40. The van der Waals surface area contributed by atoms with Crippen molar-refractivity contribution in [3.05, 3.63) is 40.4 Å². The molecule has 6 nitrogen and oxygen atoms in total. The molecule has 2 aliphatic rings. The molecule has 7 heteroatoms. The van der Waals surface area contributed by atoms with Crippen LogP contribution in [0.15, 0.2) is 24.3 Å². The molecule has 2 amide bonds. The SMILES string of the molecule is CCCc1nnc(N2CC(C(=O)N3CCc4ccccc4C3)CC2=O)s1. The van der Waals surface area contributed by atoms with Crippen LogP contribution in [0.5, 0.6) is 0 Å². The number of amides is 2. The normalized spacial score (nSPS) is 19.7. The smallest absolute Gasteiger partial charge is 0.229 e. The Hall–Kier alpha value is -2.28. The van der Waals surface area contributed by atoms with Gasteiger partial charge in [-0.1, -0.05) is 42.5 Å². The van der Waals surface area contributed by atoms with Gasteiger partial charge in [0.2, 0.25) is 16.9 Å². The first-order chi connectivity index (χ1) is 12.7. The summed E-state index contributed by atoms with van der Waals surface area (Å²) in [5.74, 6) is -0.236. The molecule has 2 aromatic rings. The summed E-state index contributed by atoms with van der Waals surface area (Å²) >= 11 is 1.46. The molecule has 26 heavy (non-hydrogen) atoms. The summed E-state index contributed by atoms with van der Waals surface area (Å²) in [7, 11) is 0. The third kappa shape index (κ3) is 3.23. The first-order valence-corrected chi connectivity index (χ1v) is 9.95. The van der Waals surface area contributed by atoms with Crippen LogP contribution < -0.4 is 4.90 Å². The Balaban J connectivity index is 1.44. The highest BCUT2D eigenvalue weighted by atomic mass is 32.1. The molecule has 1 atom stereocenters. The number of hydrogen-bond acceptors (Lipinski definition) is 5. The van der Waals surface area contributed by atoms with Crippen molar-refractivity contribution in [2.24, 2.45) is 5.92 Å². The van der Waals surface area contributed by atoms with E-state index < -0.39 is 0 Å². The third-order valence-corrected chi connectivity index (χ3v) is 6.07. The summed E-state index contributed by atoms with van der Waals surface area (Å²) in [6.07, 6.45) is 3.01. The highest BCUT2D eigenvalue weighted by Gasteiger charge is 2.39. The molecule has 0 radical (unpaired) electrons. The van der Waals surface area contributed by atoms with Crippen LogP contribution in [0.3, 0.4) is 0 Å². The summed E-state index contributed by atoms with van der Waals surface area (Å²) in [4.78, 5) is 28.9. The molecule has 1 aromatic heterocycles. The molecule has 0 spiro atoms. The maximum absolute atomic E-state index is 13.0. The summed E-state index contributed by atoms with van der Waals surface area (Å²) in [5.41, 5.74) is 2.53. The number of carbonyl (C=O) groups excluding carboxylic acids is 2. The van der Waals surface area contributed by atoms with Crippen molar-refractivity contribution in [2.75, 3.05) is 18.0 Å². The van der Waals surface area contributed by atoms with Gasteiger partial charge in [0, 0.05) is 32.5 Å². The van der Waals surface area contributed by atoms with Gasteiger partial charge >= 0.3 is 0 Å². The predicted octanol–water partition coefficient (Wildman–Crippen LogP) is 2.43. The summed E-state index contributed by atoms with van der Waals surface area (Å²) in [6.45, 7) is 3.86. The van der Waals surface area contributed by atoms with Crippen LogP contribution in [0.25, 0.3) is 0 Å². The van der Waals surface area contributed by atoms with Crippen molar-refractivity contribution in [2.45, 2.75) is 39.2 Å². The lowest BCUT2D eigenvalue weighted by atomic mass is 9.98. The van der Waals surface area contributed by atoms with E-state index in [1.807, 2.05) is 17.0 Å². The monoisotopic (exact) mass is 370 g/mol. The van der Waals surface area contributed by atoms with Crippen LogP contribution in [0.4, 0.5) is 5.13 Å². The van der Waals surface area contributed by atoms with Gasteiger partial charge in [0.1, 0.15) is 5.01 Å². The fraction of sp³-hybridized carbons (Fsp3) is 0.474. The van der Waals surface area contributed by atoms with Crippen LogP contribution in [-0.2, 0) is 29.0 Å². The van der Waals surface area contributed by atoms with Gasteiger partial charge in [0.15, 0.2) is 0 Å². The second-order valence-corrected chi connectivity index (χ2v) is 7.95. The Labute approximate surface area is 156 Å². The number of anilines is 1. The van der Waals surface area contributed by atoms with E-state index in [1.165, 1.54) is 22.5 Å². The van der Waals surface area contributed by atoms with Gasteiger partial charge in [0.25, 0.3) is 0 Å². The van der Waals surface area contributed by atoms with Crippen molar-refractivity contribution in [1.29, 1.82) is 0 Å². The number of rotatable bonds is 4. The van der Waals surface area contributed by atoms with Crippen molar-refractivity contribution < 1.29 is 9.59 Å². The third-order valence-electron chi connectivity index (χ3n) is 5.07. The Bertz CT molecular complexity index is 834. The molecular formula is C19H22N4O2S. The van der Waals surface area contributed by atoms with E-state index in [0.717, 1.165) is 30.8 Å². The fourth-order valence-corrected chi connectivity index (χ4v) is 4.64. The Morgan fingerprint density at radius 1 is 1.27 bits per heavy atom. The zero-order valence-corrected chi connectivity index (χ0v) is 15.7. The van der Waals surface area contributed by atoms with E-state index in [1.54, 1.807) is 4.90 Å². The summed E-state index contributed by atoms with van der Waals surface area (Å²) in [5, 5.41) is 9.87. The van der Waals surface area contributed by atoms with E-state index in [-0.39, 0.29) is 24.2 Å². The molecule has 136 valence electrons. The molecular weight excluding hydrogens is 348 g/mol. The standard InChI is InChI=1S/C19H22N4O2S/c1-2-5-16-20-21-19(26-16)23-12-15(10-17(23)24)18(25)22-9-8-13-6-3-4-7-14(13)11-22/h3-4,6-7,15H,2,5,8-12H2,1H3. The first-order valence-electron chi connectivity index (χ1n) is 9.14. The van der Waals surface area contributed by atoms with Crippen LogP contribution in [-0.4, -0.2) is 40.0 Å². The summed E-state index contributed by atoms with van der Waals surface area (Å²) < 4.78 is 0. The quantitative estimate of drug-likeness (QED) is 0.829. The van der Waals surface area contributed by atoms with Crippen LogP contribution in [0.2, 0.25) is 0 Å². The molecule has 0 aliphatic carbocycles. The van der Waals surface area contributed by atoms with Gasteiger partial charge in [-0.2, -0.15) is 0 Å². The van der Waals surface area contributed by atoms with Gasteiger partial charge in [-0.25, -0.2) is 0 Å². The lowest BCUT2D eigenvalue weighted by molar-refractivity contribution is -0.136. The molecule has 1 fully saturated rings. The zero-order valence-electron chi connectivity index (χ0n) is 14.9. The van der Waals surface area contributed by atoms with Crippen molar-refractivity contribution in [3.8, 4) is 0 Å². The number of nitrogens with zero attached hydrogens (tertiary/aromatic N) is 4. The number of fused-ring (bicyclic) bond motifs is 1. The Morgan fingerprint density at radius 3 is 2.88 bits per heavy atom. The van der Waals surface area contributed by atoms with Gasteiger partial charge < -0.3 is 4.90 Å². The number of benzene rings is 1. The van der Waals surface area contributed by atoms with E-state index >= 15 is 0 Å². The maximum Gasteiger partial charge on any atom is 0.229 e. The van der Waals surface area contributed by atoms with E-state index in [4.69, 9.17) is 0 Å². The average Bonchev–Trinajstić information content (AvgIpc) is 3.27. The van der Waals surface area contributed by atoms with Crippen LogP contribution >= 0.6 is 11.3 Å². The molecule has 0 saturated carbocycles. The molecule has 3 heterocycles. The lowest BCUT2D eigenvalue weighted by Gasteiger charge is -2.30. The van der Waals surface area contributed by atoms with Crippen molar-refractivity contribution >= 4 is 28.3 Å². The van der Waals surface area contributed by atoms with E-state index in [9.17, 15) is 9.59 Å². The van der Waals surface area contributed by atoms with Gasteiger partial charge in [0.05, 0.1) is 5.92 Å². The number of carbonyl (C=O) groups is 2. The zero-order chi connectivity index (χ0) is 18.1. The first kappa shape index (κ1) is 17.1. The number of hydrogen-bond donors (Lipinski definition) is 0. The van der Waals surface area contributed by atoms with E-state index in [2.05, 4.69) is 29.3 Å². The highest BCUT2D eigenvalue weighted by Crippen LogP contribution is 2.30. The second kappa shape index (κ2) is 7.15. The molecule has 2 aliphatic heterocycles. The molecule has 0 N–H and O–H groups in total. The van der Waals surface area contributed by atoms with Crippen LogP contribution in [0.1, 0.15) is 35.9 Å². The van der Waals surface area contributed by atoms with Crippen molar-refractivity contribution in [3.63, 3.8) is 0 Å².